The van der Waals surface area contributed by atoms with Gasteiger partial charge >= 0.3 is 0 Å². The summed E-state index contributed by atoms with van der Waals surface area (Å²) >= 11 is 0. The molecule has 4 heteroatoms. The van der Waals surface area contributed by atoms with Crippen LogP contribution >= 0.6 is 0 Å². The minimum atomic E-state index is 0.391. The molecule has 0 saturated heterocycles. The molecule has 0 aromatic carbocycles. The lowest BCUT2D eigenvalue weighted by Crippen LogP contribution is -2.06. The highest BCUT2D eigenvalue weighted by Gasteiger charge is 2.03. The van der Waals surface area contributed by atoms with Crippen LogP contribution in [-0.4, -0.2) is 30.3 Å². The van der Waals surface area contributed by atoms with E-state index in [1.165, 1.54) is 6.33 Å². The molecule has 0 fully saturated rings. The minimum Gasteiger partial charge on any atom is -0.475 e. The molecule has 0 aliphatic heterocycles. The van der Waals surface area contributed by atoms with E-state index in [-0.39, 0.29) is 0 Å². The van der Waals surface area contributed by atoms with E-state index in [1.807, 2.05) is 6.07 Å². The maximum absolute atomic E-state index is 5.36. The van der Waals surface area contributed by atoms with Crippen molar-refractivity contribution >= 4 is 0 Å². The fraction of sp³-hybridized carbons (Fsp3) is 0.600. The third-order valence-corrected chi connectivity index (χ3v) is 1.79. The van der Waals surface area contributed by atoms with Gasteiger partial charge in [-0.15, -0.1) is 0 Å². The van der Waals surface area contributed by atoms with Crippen LogP contribution in [0, 0.1) is 0 Å². The summed E-state index contributed by atoms with van der Waals surface area (Å²) in [4.78, 5) is 8.15. The zero-order valence-corrected chi connectivity index (χ0v) is 8.86. The summed E-state index contributed by atoms with van der Waals surface area (Å²) in [6, 6.07) is 1.86. The quantitative estimate of drug-likeness (QED) is 0.671. The van der Waals surface area contributed by atoms with Crippen LogP contribution in [-0.2, 0) is 4.74 Å². The number of ether oxygens (including phenoxy) is 2. The van der Waals surface area contributed by atoms with Crippen LogP contribution in [0.3, 0.4) is 0 Å². The standard InChI is InChI=1S/C10H16N2O2/c1-8(2)9-6-10(12-7-11-9)14-5-4-13-3/h6-8H,4-5H2,1-3H3. The molecule has 0 unspecified atom stereocenters. The van der Waals surface area contributed by atoms with Gasteiger partial charge in [0.05, 0.1) is 12.3 Å². The van der Waals surface area contributed by atoms with E-state index in [2.05, 4.69) is 23.8 Å². The second-order valence-corrected chi connectivity index (χ2v) is 3.28. The molecule has 4 nitrogen and oxygen atoms in total. The SMILES string of the molecule is COCCOc1cc(C(C)C)ncn1. The molecule has 1 heterocycles. The van der Waals surface area contributed by atoms with Crippen molar-refractivity contribution in [1.82, 2.24) is 9.97 Å². The average Bonchev–Trinajstić information content (AvgIpc) is 2.19. The van der Waals surface area contributed by atoms with Crippen LogP contribution in [0.1, 0.15) is 25.5 Å². The van der Waals surface area contributed by atoms with Gasteiger partial charge in [0.25, 0.3) is 0 Å². The van der Waals surface area contributed by atoms with E-state index in [4.69, 9.17) is 9.47 Å². The molecule has 1 aromatic heterocycles. The number of nitrogens with zero attached hydrogens (tertiary/aromatic N) is 2. The van der Waals surface area contributed by atoms with Crippen LogP contribution < -0.4 is 4.74 Å². The van der Waals surface area contributed by atoms with Crippen molar-refractivity contribution in [2.45, 2.75) is 19.8 Å². The lowest BCUT2D eigenvalue weighted by atomic mass is 10.1. The van der Waals surface area contributed by atoms with E-state index in [0.29, 0.717) is 25.0 Å². The Morgan fingerprint density at radius 3 is 2.71 bits per heavy atom. The first-order chi connectivity index (χ1) is 6.74. The lowest BCUT2D eigenvalue weighted by Gasteiger charge is -2.07. The average molecular weight is 196 g/mol. The molecular formula is C10H16N2O2. The Morgan fingerprint density at radius 1 is 1.29 bits per heavy atom. The Balaban J connectivity index is 2.55. The number of hydrogen-bond donors (Lipinski definition) is 0. The molecule has 1 rings (SSSR count). The summed E-state index contributed by atoms with van der Waals surface area (Å²) < 4.78 is 10.2. The third kappa shape index (κ3) is 3.30. The number of aromatic nitrogens is 2. The first-order valence-electron chi connectivity index (χ1n) is 4.67. The normalized spacial score (nSPS) is 10.6. The van der Waals surface area contributed by atoms with Gasteiger partial charge in [-0.05, 0) is 5.92 Å². The Bertz CT molecular complexity index is 277. The van der Waals surface area contributed by atoms with Gasteiger partial charge in [-0.3, -0.25) is 0 Å². The molecule has 14 heavy (non-hydrogen) atoms. The number of methoxy groups -OCH3 is 1. The molecule has 0 amide bonds. The molecule has 0 spiro atoms. The van der Waals surface area contributed by atoms with Gasteiger partial charge < -0.3 is 9.47 Å². The summed E-state index contributed by atoms with van der Waals surface area (Å²) in [5, 5.41) is 0. The smallest absolute Gasteiger partial charge is 0.216 e. The van der Waals surface area contributed by atoms with Gasteiger partial charge in [0.1, 0.15) is 12.9 Å². The monoisotopic (exact) mass is 196 g/mol. The zero-order chi connectivity index (χ0) is 10.4. The van der Waals surface area contributed by atoms with E-state index in [0.717, 1.165) is 5.69 Å². The van der Waals surface area contributed by atoms with Crippen molar-refractivity contribution in [2.24, 2.45) is 0 Å². The van der Waals surface area contributed by atoms with Crippen LogP contribution in [0.25, 0.3) is 0 Å². The van der Waals surface area contributed by atoms with E-state index in [9.17, 15) is 0 Å². The largest absolute Gasteiger partial charge is 0.475 e. The predicted molar refractivity (Wildman–Crippen MR) is 53.5 cm³/mol. The fourth-order valence-electron chi connectivity index (χ4n) is 0.978. The summed E-state index contributed by atoms with van der Waals surface area (Å²) in [7, 11) is 1.64. The van der Waals surface area contributed by atoms with Crippen LogP contribution in [0.15, 0.2) is 12.4 Å². The highest BCUT2D eigenvalue weighted by atomic mass is 16.5. The van der Waals surface area contributed by atoms with Crippen LogP contribution in [0.5, 0.6) is 5.88 Å². The Morgan fingerprint density at radius 2 is 2.07 bits per heavy atom. The van der Waals surface area contributed by atoms with Gasteiger partial charge in [-0.2, -0.15) is 0 Å². The van der Waals surface area contributed by atoms with Gasteiger partial charge in [0.2, 0.25) is 5.88 Å². The van der Waals surface area contributed by atoms with E-state index >= 15 is 0 Å². The highest BCUT2D eigenvalue weighted by Crippen LogP contribution is 2.14. The highest BCUT2D eigenvalue weighted by molar-refractivity contribution is 5.15. The van der Waals surface area contributed by atoms with Crippen molar-refractivity contribution in [3.05, 3.63) is 18.1 Å². The molecule has 0 bridgehead atoms. The Labute approximate surface area is 84.3 Å². The topological polar surface area (TPSA) is 44.2 Å². The molecule has 0 atom stereocenters. The van der Waals surface area contributed by atoms with Gasteiger partial charge in [0, 0.05) is 13.2 Å². The lowest BCUT2D eigenvalue weighted by molar-refractivity contribution is 0.143. The summed E-state index contributed by atoms with van der Waals surface area (Å²) in [6.07, 6.45) is 1.53. The predicted octanol–water partition coefficient (Wildman–Crippen LogP) is 1.63. The van der Waals surface area contributed by atoms with Crippen LogP contribution in [0.2, 0.25) is 0 Å². The Hall–Kier alpha value is -1.16. The molecule has 0 N–H and O–H groups in total. The maximum Gasteiger partial charge on any atom is 0.216 e. The van der Waals surface area contributed by atoms with Crippen molar-refractivity contribution in [3.63, 3.8) is 0 Å². The maximum atomic E-state index is 5.36. The first-order valence-corrected chi connectivity index (χ1v) is 4.67. The number of hydrogen-bond acceptors (Lipinski definition) is 4. The summed E-state index contributed by atoms with van der Waals surface area (Å²) in [5.41, 5.74) is 0.993. The molecule has 0 saturated carbocycles. The van der Waals surface area contributed by atoms with Crippen molar-refractivity contribution in [2.75, 3.05) is 20.3 Å². The van der Waals surface area contributed by atoms with Gasteiger partial charge in [-0.1, -0.05) is 13.8 Å². The van der Waals surface area contributed by atoms with Crippen molar-refractivity contribution in [3.8, 4) is 5.88 Å². The second kappa shape index (κ2) is 5.54. The first kappa shape index (κ1) is 10.9. The molecule has 0 aliphatic rings. The van der Waals surface area contributed by atoms with Crippen molar-refractivity contribution in [1.29, 1.82) is 0 Å². The zero-order valence-electron chi connectivity index (χ0n) is 8.86. The second-order valence-electron chi connectivity index (χ2n) is 3.28. The van der Waals surface area contributed by atoms with E-state index < -0.39 is 0 Å². The molecule has 0 radical (unpaired) electrons. The van der Waals surface area contributed by atoms with Gasteiger partial charge in [0.15, 0.2) is 0 Å². The molecule has 0 aliphatic carbocycles. The number of rotatable bonds is 5. The van der Waals surface area contributed by atoms with E-state index in [1.54, 1.807) is 7.11 Å². The Kier molecular flexibility index (Phi) is 4.32. The minimum absolute atomic E-state index is 0.391. The molecule has 78 valence electrons. The van der Waals surface area contributed by atoms with Crippen molar-refractivity contribution < 1.29 is 9.47 Å². The summed E-state index contributed by atoms with van der Waals surface area (Å²) in [5.74, 6) is 1.00. The molecule has 1 aromatic rings. The third-order valence-electron chi connectivity index (χ3n) is 1.79. The fourth-order valence-corrected chi connectivity index (χ4v) is 0.978. The van der Waals surface area contributed by atoms with Gasteiger partial charge in [-0.25, -0.2) is 9.97 Å². The molecular weight excluding hydrogens is 180 g/mol. The van der Waals surface area contributed by atoms with Crippen LogP contribution in [0.4, 0.5) is 0 Å². The summed E-state index contributed by atoms with van der Waals surface area (Å²) in [6.45, 7) is 5.26.